The number of carbonyl (C=O) groups excluding carboxylic acids is 1. The molecule has 2 nitrogen and oxygen atoms in total. The summed E-state index contributed by atoms with van der Waals surface area (Å²) in [6.07, 6.45) is 0.849. The number of ether oxygens (including phenoxy) is 1. The van der Waals surface area contributed by atoms with Gasteiger partial charge in [0.1, 0.15) is 17.8 Å². The van der Waals surface area contributed by atoms with Crippen LogP contribution in [0.5, 0.6) is 11.5 Å². The Morgan fingerprint density at radius 2 is 1.71 bits per heavy atom. The number of rotatable bonds is 4. The molecule has 0 saturated heterocycles. The quantitative estimate of drug-likeness (QED) is 0.626. The Balaban J connectivity index is 2.19. The number of alkyl halides is 1. The molecule has 0 spiro atoms. The molecule has 0 aliphatic heterocycles. The predicted molar refractivity (Wildman–Crippen MR) is 70.7 cm³/mol. The summed E-state index contributed by atoms with van der Waals surface area (Å²) >= 11 is 3.28. The molecule has 0 radical (unpaired) electrons. The summed E-state index contributed by atoms with van der Waals surface area (Å²) in [7, 11) is 0. The minimum absolute atomic E-state index is 0.290. The van der Waals surface area contributed by atoms with Gasteiger partial charge in [0, 0.05) is 0 Å². The SMILES string of the molecule is O=CC(Br)c1cccc(Oc2ccccc2)c1. The van der Waals surface area contributed by atoms with Crippen LogP contribution in [0.4, 0.5) is 0 Å². The van der Waals surface area contributed by atoms with Crippen LogP contribution in [0, 0.1) is 0 Å². The van der Waals surface area contributed by atoms with Gasteiger partial charge in [-0.25, -0.2) is 0 Å². The van der Waals surface area contributed by atoms with Crippen molar-refractivity contribution < 1.29 is 9.53 Å². The van der Waals surface area contributed by atoms with Crippen molar-refractivity contribution in [2.24, 2.45) is 0 Å². The minimum atomic E-state index is -0.290. The Bertz CT molecular complexity index is 497. The van der Waals surface area contributed by atoms with Crippen LogP contribution >= 0.6 is 15.9 Å². The lowest BCUT2D eigenvalue weighted by molar-refractivity contribution is -0.107. The van der Waals surface area contributed by atoms with Crippen molar-refractivity contribution in [2.75, 3.05) is 0 Å². The van der Waals surface area contributed by atoms with Crippen LogP contribution in [0.25, 0.3) is 0 Å². The molecule has 0 aromatic heterocycles. The van der Waals surface area contributed by atoms with E-state index in [9.17, 15) is 4.79 Å². The maximum Gasteiger partial charge on any atom is 0.138 e. The first kappa shape index (κ1) is 11.9. The highest BCUT2D eigenvalue weighted by molar-refractivity contribution is 9.09. The van der Waals surface area contributed by atoms with E-state index < -0.39 is 0 Å². The van der Waals surface area contributed by atoms with Gasteiger partial charge in [-0.15, -0.1) is 0 Å². The summed E-state index contributed by atoms with van der Waals surface area (Å²) in [6, 6.07) is 17.0. The summed E-state index contributed by atoms with van der Waals surface area (Å²) in [6.45, 7) is 0. The van der Waals surface area contributed by atoms with Crippen LogP contribution in [0.2, 0.25) is 0 Å². The smallest absolute Gasteiger partial charge is 0.138 e. The van der Waals surface area contributed by atoms with Gasteiger partial charge in [-0.2, -0.15) is 0 Å². The summed E-state index contributed by atoms with van der Waals surface area (Å²) < 4.78 is 5.68. The molecule has 1 unspecified atom stereocenters. The molecule has 2 aromatic rings. The van der Waals surface area contributed by atoms with E-state index in [1.165, 1.54) is 0 Å². The normalized spacial score (nSPS) is 11.8. The van der Waals surface area contributed by atoms with E-state index in [1.807, 2.05) is 54.6 Å². The minimum Gasteiger partial charge on any atom is -0.457 e. The van der Waals surface area contributed by atoms with E-state index in [1.54, 1.807) is 0 Å². The summed E-state index contributed by atoms with van der Waals surface area (Å²) in [5.41, 5.74) is 0.883. The van der Waals surface area contributed by atoms with E-state index in [-0.39, 0.29) is 4.83 Å². The highest BCUT2D eigenvalue weighted by Gasteiger charge is 2.06. The summed E-state index contributed by atoms with van der Waals surface area (Å²) in [5, 5.41) is 0. The highest BCUT2D eigenvalue weighted by atomic mass is 79.9. The zero-order valence-electron chi connectivity index (χ0n) is 9.05. The number of hydrogen-bond acceptors (Lipinski definition) is 2. The fourth-order valence-electron chi connectivity index (χ4n) is 1.45. The zero-order chi connectivity index (χ0) is 12.1. The van der Waals surface area contributed by atoms with Gasteiger partial charge in [0.05, 0.1) is 4.83 Å². The van der Waals surface area contributed by atoms with Crippen LogP contribution in [-0.4, -0.2) is 6.29 Å². The molecule has 0 aliphatic carbocycles. The van der Waals surface area contributed by atoms with Crippen LogP contribution in [-0.2, 0) is 4.79 Å². The Labute approximate surface area is 108 Å². The molecule has 0 heterocycles. The van der Waals surface area contributed by atoms with Gasteiger partial charge in [-0.1, -0.05) is 46.3 Å². The summed E-state index contributed by atoms with van der Waals surface area (Å²) in [5.74, 6) is 1.50. The average molecular weight is 291 g/mol. The zero-order valence-corrected chi connectivity index (χ0v) is 10.6. The Morgan fingerprint density at radius 1 is 1.00 bits per heavy atom. The molecule has 0 saturated carbocycles. The van der Waals surface area contributed by atoms with Crippen LogP contribution in [0.15, 0.2) is 54.6 Å². The number of halogens is 1. The van der Waals surface area contributed by atoms with Crippen molar-refractivity contribution in [3.05, 3.63) is 60.2 Å². The lowest BCUT2D eigenvalue weighted by atomic mass is 10.1. The second-order valence-corrected chi connectivity index (χ2v) is 4.51. The monoisotopic (exact) mass is 290 g/mol. The first-order valence-electron chi connectivity index (χ1n) is 5.22. The molecule has 0 N–H and O–H groups in total. The van der Waals surface area contributed by atoms with E-state index in [2.05, 4.69) is 15.9 Å². The molecule has 17 heavy (non-hydrogen) atoms. The molecular weight excluding hydrogens is 280 g/mol. The van der Waals surface area contributed by atoms with Gasteiger partial charge < -0.3 is 9.53 Å². The third kappa shape index (κ3) is 3.17. The number of benzene rings is 2. The Kier molecular flexibility index (Phi) is 3.94. The molecule has 86 valence electrons. The third-order valence-electron chi connectivity index (χ3n) is 2.27. The van der Waals surface area contributed by atoms with E-state index >= 15 is 0 Å². The van der Waals surface area contributed by atoms with Crippen molar-refractivity contribution in [3.8, 4) is 11.5 Å². The van der Waals surface area contributed by atoms with Gasteiger partial charge in [-0.05, 0) is 29.8 Å². The predicted octanol–water partition coefficient (Wildman–Crippen LogP) is 4.11. The second kappa shape index (κ2) is 5.64. The van der Waals surface area contributed by atoms with Crippen molar-refractivity contribution >= 4 is 22.2 Å². The maximum atomic E-state index is 10.7. The first-order chi connectivity index (χ1) is 8.29. The number of carbonyl (C=O) groups is 1. The number of para-hydroxylation sites is 1. The molecule has 0 amide bonds. The topological polar surface area (TPSA) is 26.3 Å². The van der Waals surface area contributed by atoms with Crippen LogP contribution in [0.1, 0.15) is 10.4 Å². The largest absolute Gasteiger partial charge is 0.457 e. The van der Waals surface area contributed by atoms with Crippen molar-refractivity contribution in [1.29, 1.82) is 0 Å². The molecule has 1 atom stereocenters. The molecule has 0 bridgehead atoms. The van der Waals surface area contributed by atoms with Gasteiger partial charge in [-0.3, -0.25) is 0 Å². The standard InChI is InChI=1S/C14H11BrO2/c15-14(10-16)11-5-4-8-13(9-11)17-12-6-2-1-3-7-12/h1-10,14H. The molecule has 0 fully saturated rings. The average Bonchev–Trinajstić information content (AvgIpc) is 2.39. The molecule has 2 aromatic carbocycles. The lowest BCUT2D eigenvalue weighted by Crippen LogP contribution is -1.91. The van der Waals surface area contributed by atoms with Gasteiger partial charge >= 0.3 is 0 Å². The fourth-order valence-corrected chi connectivity index (χ4v) is 1.74. The third-order valence-corrected chi connectivity index (χ3v) is 3.02. The van der Waals surface area contributed by atoms with Gasteiger partial charge in [0.15, 0.2) is 0 Å². The van der Waals surface area contributed by atoms with E-state index in [0.29, 0.717) is 0 Å². The lowest BCUT2D eigenvalue weighted by Gasteiger charge is -2.08. The first-order valence-corrected chi connectivity index (χ1v) is 6.13. The van der Waals surface area contributed by atoms with Crippen LogP contribution in [0.3, 0.4) is 0 Å². The fraction of sp³-hybridized carbons (Fsp3) is 0.0714. The molecular formula is C14H11BrO2. The van der Waals surface area contributed by atoms with Crippen molar-refractivity contribution in [2.45, 2.75) is 4.83 Å². The Hall–Kier alpha value is -1.61. The Morgan fingerprint density at radius 3 is 2.41 bits per heavy atom. The van der Waals surface area contributed by atoms with Crippen LogP contribution < -0.4 is 4.74 Å². The van der Waals surface area contributed by atoms with Gasteiger partial charge in [0.25, 0.3) is 0 Å². The molecule has 0 aliphatic rings. The molecule has 2 rings (SSSR count). The molecule has 3 heteroatoms. The van der Waals surface area contributed by atoms with E-state index in [0.717, 1.165) is 23.3 Å². The number of aldehydes is 1. The number of hydrogen-bond donors (Lipinski definition) is 0. The second-order valence-electron chi connectivity index (χ2n) is 3.53. The van der Waals surface area contributed by atoms with Crippen molar-refractivity contribution in [1.82, 2.24) is 0 Å². The highest BCUT2D eigenvalue weighted by Crippen LogP contribution is 2.27. The van der Waals surface area contributed by atoms with Crippen molar-refractivity contribution in [3.63, 3.8) is 0 Å². The van der Waals surface area contributed by atoms with Gasteiger partial charge in [0.2, 0.25) is 0 Å². The maximum absolute atomic E-state index is 10.7. The van der Waals surface area contributed by atoms with E-state index in [4.69, 9.17) is 4.74 Å². The summed E-state index contributed by atoms with van der Waals surface area (Å²) in [4.78, 5) is 10.4.